The maximum absolute atomic E-state index is 12.9. The molecule has 10 nitrogen and oxygen atoms in total. The van der Waals surface area contributed by atoms with Gasteiger partial charge >= 0.3 is 6.09 Å². The van der Waals surface area contributed by atoms with Gasteiger partial charge < -0.3 is 20.7 Å². The number of amides is 3. The Labute approximate surface area is 189 Å². The van der Waals surface area contributed by atoms with Crippen LogP contribution in [0, 0.1) is 5.92 Å². The first-order chi connectivity index (χ1) is 15.3. The van der Waals surface area contributed by atoms with Gasteiger partial charge in [-0.15, -0.1) is 5.10 Å². The molecule has 1 aromatic carbocycles. The average molecular weight is 460 g/mol. The summed E-state index contributed by atoms with van der Waals surface area (Å²) in [6, 6.07) is 7.18. The van der Waals surface area contributed by atoms with Crippen molar-refractivity contribution in [3.63, 3.8) is 0 Å². The Morgan fingerprint density at radius 2 is 2.00 bits per heavy atom. The van der Waals surface area contributed by atoms with Gasteiger partial charge in [0.05, 0.1) is 23.2 Å². The SMILES string of the molecule is CC(C)C(NC(=O)OCc1ccccc1)C(=O)NC1CCc2snnc2CNC(=O)C1=O. The second-order valence-corrected chi connectivity index (χ2v) is 8.56. The van der Waals surface area contributed by atoms with Gasteiger partial charge in [-0.3, -0.25) is 14.4 Å². The molecule has 170 valence electrons. The van der Waals surface area contributed by atoms with Crippen molar-refractivity contribution < 1.29 is 23.9 Å². The predicted molar refractivity (Wildman–Crippen MR) is 115 cm³/mol. The van der Waals surface area contributed by atoms with E-state index < -0.39 is 35.8 Å². The number of hydrogen-bond acceptors (Lipinski definition) is 8. The van der Waals surface area contributed by atoms with E-state index in [0.29, 0.717) is 12.1 Å². The first-order valence-corrected chi connectivity index (χ1v) is 11.0. The van der Waals surface area contributed by atoms with Crippen molar-refractivity contribution in [2.75, 3.05) is 0 Å². The quantitative estimate of drug-likeness (QED) is 0.550. The van der Waals surface area contributed by atoms with Crippen LogP contribution < -0.4 is 16.0 Å². The third-order valence-corrected chi connectivity index (χ3v) is 5.83. The van der Waals surface area contributed by atoms with Crippen LogP contribution in [0.2, 0.25) is 0 Å². The molecule has 11 heteroatoms. The van der Waals surface area contributed by atoms with Gasteiger partial charge in [0.15, 0.2) is 0 Å². The summed E-state index contributed by atoms with van der Waals surface area (Å²) in [5.74, 6) is -2.38. The van der Waals surface area contributed by atoms with E-state index in [-0.39, 0.29) is 25.5 Å². The zero-order valence-electron chi connectivity index (χ0n) is 17.8. The minimum Gasteiger partial charge on any atom is -0.445 e. The number of hydrogen-bond donors (Lipinski definition) is 3. The fourth-order valence-electron chi connectivity index (χ4n) is 3.19. The Bertz CT molecular complexity index is 978. The van der Waals surface area contributed by atoms with Crippen LogP contribution in [-0.4, -0.2) is 45.4 Å². The van der Waals surface area contributed by atoms with Crippen LogP contribution in [0.1, 0.15) is 36.4 Å². The lowest BCUT2D eigenvalue weighted by molar-refractivity contribution is -0.140. The van der Waals surface area contributed by atoms with Crippen LogP contribution in [0.3, 0.4) is 0 Å². The maximum atomic E-state index is 12.9. The first kappa shape index (κ1) is 23.3. The van der Waals surface area contributed by atoms with Gasteiger partial charge in [0, 0.05) is 0 Å². The second kappa shape index (κ2) is 10.8. The van der Waals surface area contributed by atoms with Crippen molar-refractivity contribution in [1.29, 1.82) is 0 Å². The highest BCUT2D eigenvalue weighted by Crippen LogP contribution is 2.16. The monoisotopic (exact) mass is 459 g/mol. The fourth-order valence-corrected chi connectivity index (χ4v) is 3.86. The van der Waals surface area contributed by atoms with Crippen LogP contribution in [0.4, 0.5) is 4.79 Å². The Morgan fingerprint density at radius 1 is 1.25 bits per heavy atom. The van der Waals surface area contributed by atoms with Crippen LogP contribution in [0.25, 0.3) is 0 Å². The molecule has 0 radical (unpaired) electrons. The molecule has 2 heterocycles. The lowest BCUT2D eigenvalue weighted by Gasteiger charge is -2.24. The number of carbonyl (C=O) groups excluding carboxylic acids is 4. The van der Waals surface area contributed by atoms with Crippen molar-refractivity contribution in [2.24, 2.45) is 5.92 Å². The maximum Gasteiger partial charge on any atom is 0.408 e. The lowest BCUT2D eigenvalue weighted by atomic mass is 10.0. The largest absolute Gasteiger partial charge is 0.445 e. The molecule has 1 aromatic heterocycles. The zero-order chi connectivity index (χ0) is 23.1. The molecule has 0 spiro atoms. The van der Waals surface area contributed by atoms with Crippen molar-refractivity contribution >= 4 is 35.2 Å². The number of carbonyl (C=O) groups is 4. The van der Waals surface area contributed by atoms with Gasteiger partial charge in [0.25, 0.3) is 5.91 Å². The summed E-state index contributed by atoms with van der Waals surface area (Å²) in [5.41, 5.74) is 1.43. The number of aryl methyl sites for hydroxylation is 1. The van der Waals surface area contributed by atoms with E-state index in [1.54, 1.807) is 13.8 Å². The van der Waals surface area contributed by atoms with E-state index in [9.17, 15) is 19.2 Å². The molecule has 2 atom stereocenters. The number of benzene rings is 1. The normalized spacial score (nSPS) is 17.3. The highest BCUT2D eigenvalue weighted by atomic mass is 32.1. The first-order valence-electron chi connectivity index (χ1n) is 10.2. The number of rotatable bonds is 6. The Morgan fingerprint density at radius 3 is 2.72 bits per heavy atom. The molecule has 3 N–H and O–H groups in total. The van der Waals surface area contributed by atoms with Crippen molar-refractivity contribution in [3.8, 4) is 0 Å². The molecule has 32 heavy (non-hydrogen) atoms. The van der Waals surface area contributed by atoms with E-state index in [2.05, 4.69) is 25.5 Å². The van der Waals surface area contributed by atoms with Crippen LogP contribution in [0.15, 0.2) is 30.3 Å². The van der Waals surface area contributed by atoms with Gasteiger partial charge in [-0.1, -0.05) is 48.7 Å². The lowest BCUT2D eigenvalue weighted by Crippen LogP contribution is -2.55. The van der Waals surface area contributed by atoms with E-state index in [0.717, 1.165) is 10.4 Å². The molecule has 0 saturated heterocycles. The summed E-state index contributed by atoms with van der Waals surface area (Å²) < 4.78 is 9.07. The minimum absolute atomic E-state index is 0.0611. The highest BCUT2D eigenvalue weighted by molar-refractivity contribution is 7.05. The summed E-state index contributed by atoms with van der Waals surface area (Å²) in [6.07, 6.45) is -0.0861. The summed E-state index contributed by atoms with van der Waals surface area (Å²) >= 11 is 1.19. The van der Waals surface area contributed by atoms with Gasteiger partial charge in [0.2, 0.25) is 11.7 Å². The van der Waals surface area contributed by atoms with Crippen LogP contribution >= 0.6 is 11.5 Å². The van der Waals surface area contributed by atoms with Gasteiger partial charge in [0.1, 0.15) is 12.6 Å². The molecule has 2 unspecified atom stereocenters. The third-order valence-electron chi connectivity index (χ3n) is 5.00. The second-order valence-electron chi connectivity index (χ2n) is 7.72. The standard InChI is InChI=1S/C21H25N5O5S/c1-12(2)17(24-21(30)31-11-13-6-4-3-5-7-13)19(28)23-14-8-9-16-15(25-26-32-16)10-22-20(29)18(14)27/h3-7,12,14,17H,8-11H2,1-2H3,(H,22,29)(H,23,28)(H,24,30). The fraction of sp³-hybridized carbons (Fsp3) is 0.429. The average Bonchev–Trinajstić information content (AvgIpc) is 3.24. The molecule has 0 saturated carbocycles. The topological polar surface area (TPSA) is 139 Å². The number of alkyl carbamates (subject to hydrolysis) is 1. The van der Waals surface area contributed by atoms with Gasteiger partial charge in [-0.25, -0.2) is 4.79 Å². The molecule has 0 bridgehead atoms. The molecule has 3 rings (SSSR count). The van der Waals surface area contributed by atoms with Crippen molar-refractivity contribution in [3.05, 3.63) is 46.5 Å². The minimum atomic E-state index is -1.03. The number of fused-ring (bicyclic) bond motifs is 1. The van der Waals surface area contributed by atoms with Crippen LogP contribution in [0.5, 0.6) is 0 Å². The molecule has 1 aliphatic heterocycles. The number of ketones is 1. The highest BCUT2D eigenvalue weighted by Gasteiger charge is 2.33. The van der Waals surface area contributed by atoms with Gasteiger partial charge in [-0.2, -0.15) is 0 Å². The number of nitrogens with zero attached hydrogens (tertiary/aromatic N) is 2. The predicted octanol–water partition coefficient (Wildman–Crippen LogP) is 1.11. The summed E-state index contributed by atoms with van der Waals surface area (Å²) in [6.45, 7) is 3.69. The Kier molecular flexibility index (Phi) is 7.87. The molecule has 3 amide bonds. The summed E-state index contributed by atoms with van der Waals surface area (Å²) in [7, 11) is 0. The Balaban J connectivity index is 1.62. The summed E-state index contributed by atoms with van der Waals surface area (Å²) in [5, 5.41) is 11.6. The van der Waals surface area contributed by atoms with Gasteiger partial charge in [-0.05, 0) is 35.9 Å². The van der Waals surface area contributed by atoms with E-state index in [1.807, 2.05) is 30.3 Å². The number of ether oxygens (including phenoxy) is 1. The van der Waals surface area contributed by atoms with E-state index in [1.165, 1.54) is 11.5 Å². The molecule has 0 fully saturated rings. The van der Waals surface area contributed by atoms with Crippen molar-refractivity contribution in [2.45, 2.75) is 51.9 Å². The van der Waals surface area contributed by atoms with E-state index in [4.69, 9.17) is 4.74 Å². The molecule has 1 aliphatic rings. The zero-order valence-corrected chi connectivity index (χ0v) is 18.6. The van der Waals surface area contributed by atoms with E-state index >= 15 is 0 Å². The molecular weight excluding hydrogens is 434 g/mol. The number of nitrogens with one attached hydrogen (secondary N) is 3. The summed E-state index contributed by atoms with van der Waals surface area (Å²) in [4.78, 5) is 50.8. The Hall–Kier alpha value is -3.34. The smallest absolute Gasteiger partial charge is 0.408 e. The molecule has 0 aliphatic carbocycles. The molecular formula is C21H25N5O5S. The molecule has 2 aromatic rings. The number of Topliss-reactive ketones (excluding diaryl/α,β-unsaturated/α-hetero) is 1. The number of aromatic nitrogens is 2. The third kappa shape index (κ3) is 6.10. The van der Waals surface area contributed by atoms with Crippen molar-refractivity contribution in [1.82, 2.24) is 25.5 Å². The van der Waals surface area contributed by atoms with Crippen LogP contribution in [-0.2, 0) is 38.7 Å².